The van der Waals surface area contributed by atoms with Gasteiger partial charge in [-0.3, -0.25) is 9.05 Å². The number of nitrogen functional groups attached to an aromatic ring is 1. The van der Waals surface area contributed by atoms with E-state index in [2.05, 4.69) is 17.0 Å². The molecule has 2 aromatic heterocycles. The Hall–Kier alpha value is -3.10. The number of ether oxygens (including phenoxy) is 5. The van der Waals surface area contributed by atoms with Gasteiger partial charge in [0.1, 0.15) is 47.6 Å². The van der Waals surface area contributed by atoms with Crippen molar-refractivity contribution in [1.29, 1.82) is 0 Å². The smallest absolute Gasteiger partial charge is 0.402 e. The highest BCUT2D eigenvalue weighted by Gasteiger charge is 2.62. The summed E-state index contributed by atoms with van der Waals surface area (Å²) >= 11 is 6.50. The van der Waals surface area contributed by atoms with Gasteiger partial charge in [-0.2, -0.15) is 5.10 Å². The standard InChI is InChI=1S/C49H72ClN4O9P/c1-5-6-7-8-9-10-11-12-13-14-15-16-17-18-19-25-32-56-34-39(57-33-38-26-21-20-22-27-38)35-58-64(55,63-42-29-24-23-28-40(42)50)59-36-43-45-46(62-48(2,3)61-45)49(4,60-43)44-31-30-41-47(51)52-37-53-54(41)44/h20-24,26-31,37,39,43,45-46H,5-19,25,32-36H2,1-4H3,(H2,51,52,53)/t39-,43-,45-,46-,49+,64?/m1/s1. The minimum Gasteiger partial charge on any atom is -0.402 e. The Bertz CT molecular complexity index is 2020. The molecule has 2 aliphatic rings. The first kappa shape index (κ1) is 50.3. The van der Waals surface area contributed by atoms with Crippen LogP contribution in [0.25, 0.3) is 5.52 Å². The normalized spacial score (nSPS) is 21.9. The zero-order chi connectivity index (χ0) is 45.3. The van der Waals surface area contributed by atoms with Crippen LogP contribution in [0.4, 0.5) is 5.82 Å². The first-order valence-electron chi connectivity index (χ1n) is 23.7. The van der Waals surface area contributed by atoms with Crippen LogP contribution >= 0.6 is 19.4 Å². The average Bonchev–Trinajstić information content (AvgIpc) is 3.95. The van der Waals surface area contributed by atoms with Gasteiger partial charge < -0.3 is 33.9 Å². The fraction of sp³-hybridized carbons (Fsp3) is 0.633. The number of aromatic nitrogens is 3. The third-order valence-electron chi connectivity index (χ3n) is 12.1. The molecule has 354 valence electrons. The van der Waals surface area contributed by atoms with Gasteiger partial charge in [0, 0.05) is 6.61 Å². The van der Waals surface area contributed by atoms with E-state index in [4.69, 9.17) is 54.6 Å². The van der Waals surface area contributed by atoms with Gasteiger partial charge in [0.25, 0.3) is 0 Å². The Morgan fingerprint density at radius 1 is 0.781 bits per heavy atom. The van der Waals surface area contributed by atoms with E-state index in [9.17, 15) is 4.57 Å². The Morgan fingerprint density at radius 3 is 2.09 bits per heavy atom. The highest BCUT2D eigenvalue weighted by Crippen LogP contribution is 2.54. The summed E-state index contributed by atoms with van der Waals surface area (Å²) in [6, 6.07) is 20.3. The lowest BCUT2D eigenvalue weighted by Gasteiger charge is -2.31. The monoisotopic (exact) mass is 926 g/mol. The van der Waals surface area contributed by atoms with E-state index in [1.54, 1.807) is 28.8 Å². The van der Waals surface area contributed by atoms with Crippen LogP contribution in [0.15, 0.2) is 73.1 Å². The molecule has 2 aromatic carbocycles. The number of hydrogen-bond acceptors (Lipinski definition) is 12. The van der Waals surface area contributed by atoms with E-state index in [0.717, 1.165) is 18.4 Å². The summed E-state index contributed by atoms with van der Waals surface area (Å²) < 4.78 is 66.8. The first-order chi connectivity index (χ1) is 31.0. The first-order valence-corrected chi connectivity index (χ1v) is 25.5. The number of hydrogen-bond donors (Lipinski definition) is 1. The van der Waals surface area contributed by atoms with Crippen molar-refractivity contribution in [2.24, 2.45) is 0 Å². The van der Waals surface area contributed by atoms with Crippen molar-refractivity contribution in [2.45, 2.75) is 173 Å². The van der Waals surface area contributed by atoms with Gasteiger partial charge in [0.05, 0.1) is 37.1 Å². The van der Waals surface area contributed by atoms with Crippen LogP contribution in [0.5, 0.6) is 5.75 Å². The molecule has 0 aliphatic carbocycles. The van der Waals surface area contributed by atoms with Gasteiger partial charge in [0.15, 0.2) is 11.6 Å². The minimum absolute atomic E-state index is 0.141. The Balaban J connectivity index is 1.02. The number of phosphoric acid groups is 1. The summed E-state index contributed by atoms with van der Waals surface area (Å²) in [5.74, 6) is -0.471. The van der Waals surface area contributed by atoms with Crippen molar-refractivity contribution in [2.75, 3.05) is 32.2 Å². The molecule has 2 N–H and O–H groups in total. The molecule has 0 spiro atoms. The molecule has 4 heterocycles. The van der Waals surface area contributed by atoms with Gasteiger partial charge >= 0.3 is 7.82 Å². The lowest BCUT2D eigenvalue weighted by molar-refractivity contribution is -0.212. The Morgan fingerprint density at radius 2 is 1.42 bits per heavy atom. The number of nitrogens with two attached hydrogens (primary N) is 1. The van der Waals surface area contributed by atoms with Crippen molar-refractivity contribution in [1.82, 2.24) is 14.6 Å². The molecule has 2 saturated heterocycles. The van der Waals surface area contributed by atoms with Crippen LogP contribution in [-0.2, 0) is 49.5 Å². The van der Waals surface area contributed by atoms with E-state index in [0.29, 0.717) is 30.2 Å². The second-order valence-electron chi connectivity index (χ2n) is 17.8. The van der Waals surface area contributed by atoms with E-state index in [1.165, 1.54) is 96.2 Å². The topological polar surface area (TPSA) is 147 Å². The molecule has 13 nitrogen and oxygen atoms in total. The predicted molar refractivity (Wildman–Crippen MR) is 250 cm³/mol. The van der Waals surface area contributed by atoms with Gasteiger partial charge in [-0.25, -0.2) is 14.1 Å². The fourth-order valence-corrected chi connectivity index (χ4v) is 10.1. The van der Waals surface area contributed by atoms with Gasteiger partial charge in [-0.05, 0) is 57.0 Å². The molecule has 1 unspecified atom stereocenters. The number of rotatable bonds is 31. The van der Waals surface area contributed by atoms with Gasteiger partial charge in [0.2, 0.25) is 0 Å². The second kappa shape index (κ2) is 25.1. The quantitative estimate of drug-likeness (QED) is 0.0378. The molecular formula is C49H72ClN4O9P. The number of halogens is 1. The van der Waals surface area contributed by atoms with E-state index < -0.39 is 43.6 Å². The number of unbranched alkanes of at least 4 members (excludes halogenated alkanes) is 15. The van der Waals surface area contributed by atoms with Crippen LogP contribution in [0.1, 0.15) is 142 Å². The molecule has 2 aliphatic heterocycles. The number of para-hydroxylation sites is 1. The van der Waals surface area contributed by atoms with Crippen LogP contribution in [0.3, 0.4) is 0 Å². The van der Waals surface area contributed by atoms with Crippen molar-refractivity contribution in [3.05, 3.63) is 89.3 Å². The molecule has 2 fully saturated rings. The maximum absolute atomic E-state index is 14.7. The zero-order valence-corrected chi connectivity index (χ0v) is 40.2. The average molecular weight is 928 g/mol. The summed E-state index contributed by atoms with van der Waals surface area (Å²) in [4.78, 5) is 4.13. The number of benzene rings is 2. The molecular weight excluding hydrogens is 855 g/mol. The molecule has 6 atom stereocenters. The maximum Gasteiger partial charge on any atom is 0.530 e. The van der Waals surface area contributed by atoms with Crippen LogP contribution in [0.2, 0.25) is 5.02 Å². The van der Waals surface area contributed by atoms with Crippen molar-refractivity contribution < 1.29 is 41.8 Å². The van der Waals surface area contributed by atoms with Gasteiger partial charge in [-0.1, -0.05) is 157 Å². The van der Waals surface area contributed by atoms with Gasteiger partial charge in [-0.15, -0.1) is 0 Å². The summed E-state index contributed by atoms with van der Waals surface area (Å²) in [6.07, 6.45) is 19.8. The zero-order valence-electron chi connectivity index (χ0n) is 38.5. The predicted octanol–water partition coefficient (Wildman–Crippen LogP) is 12.2. The number of phosphoric ester groups is 1. The van der Waals surface area contributed by atoms with E-state index >= 15 is 0 Å². The summed E-state index contributed by atoms with van der Waals surface area (Å²) in [5, 5.41) is 4.69. The van der Waals surface area contributed by atoms with Crippen LogP contribution in [-0.4, -0.2) is 71.2 Å². The van der Waals surface area contributed by atoms with Crippen molar-refractivity contribution in [3.8, 4) is 5.75 Å². The summed E-state index contributed by atoms with van der Waals surface area (Å²) in [7, 11) is -4.40. The molecule has 6 rings (SSSR count). The number of nitrogens with zero attached hydrogens (tertiary/aromatic N) is 3. The maximum atomic E-state index is 14.7. The number of anilines is 1. The third-order valence-corrected chi connectivity index (χ3v) is 13.7. The van der Waals surface area contributed by atoms with E-state index in [-0.39, 0.29) is 30.6 Å². The lowest BCUT2D eigenvalue weighted by Crippen LogP contribution is -2.39. The molecule has 0 radical (unpaired) electrons. The van der Waals surface area contributed by atoms with Crippen LogP contribution < -0.4 is 10.3 Å². The molecule has 0 bridgehead atoms. The van der Waals surface area contributed by atoms with Crippen molar-refractivity contribution in [3.63, 3.8) is 0 Å². The Labute approximate surface area is 385 Å². The lowest BCUT2D eigenvalue weighted by atomic mass is 9.93. The second-order valence-corrected chi connectivity index (χ2v) is 19.8. The Kier molecular flexibility index (Phi) is 19.8. The molecule has 0 saturated carbocycles. The largest absolute Gasteiger partial charge is 0.530 e. The molecule has 0 amide bonds. The fourth-order valence-electron chi connectivity index (χ4n) is 8.57. The number of fused-ring (bicyclic) bond motifs is 2. The highest BCUT2D eigenvalue weighted by atomic mass is 35.5. The van der Waals surface area contributed by atoms with Crippen molar-refractivity contribution >= 4 is 30.8 Å². The van der Waals surface area contributed by atoms with Crippen LogP contribution in [0, 0.1) is 0 Å². The molecule has 15 heteroatoms. The molecule has 4 aromatic rings. The third kappa shape index (κ3) is 14.7. The van der Waals surface area contributed by atoms with E-state index in [1.807, 2.05) is 63.2 Å². The minimum atomic E-state index is -4.40. The summed E-state index contributed by atoms with van der Waals surface area (Å²) in [5.41, 5.74) is 7.39. The summed E-state index contributed by atoms with van der Waals surface area (Å²) in [6.45, 7) is 8.60. The highest BCUT2D eigenvalue weighted by molar-refractivity contribution is 7.48. The molecule has 64 heavy (non-hydrogen) atoms. The SMILES string of the molecule is CCCCCCCCCCCCCCCCCCOC[C@H](COP(=O)(OC[C@H]1O[C@@](C)(c2ccc3c(N)ncnn23)[C@@H]2OC(C)(C)O[C@@H]21)Oc1ccccc1Cl)OCc1ccccc1.